The van der Waals surface area contributed by atoms with Crippen LogP contribution in [-0.2, 0) is 9.59 Å². The first-order chi connectivity index (χ1) is 16.7. The summed E-state index contributed by atoms with van der Waals surface area (Å²) in [5.74, 6) is -5.57. The second-order valence-electron chi connectivity index (χ2n) is 8.70. The van der Waals surface area contributed by atoms with Crippen LogP contribution in [0.2, 0.25) is 0 Å². The Morgan fingerprint density at radius 2 is 1.66 bits per heavy atom. The standard InChI is InChI=1S/C27H22F3N3O2/c1-27(29,30)26(35)31-22-16-24(34)33(25(22)17-5-3-2-4-6-17)21-11-12-23-18(15-21)13-14-32(23)20-9-7-19(28)8-10-20/h2-15,22,25H,16H2,1H3,(H,31,35)/t22-,25+/m0/s1. The van der Waals surface area contributed by atoms with E-state index < -0.39 is 23.9 Å². The van der Waals surface area contributed by atoms with Crippen LogP contribution in [0.5, 0.6) is 0 Å². The Hall–Kier alpha value is -4.07. The van der Waals surface area contributed by atoms with Gasteiger partial charge in [-0.05, 0) is 54.1 Å². The number of hydrogen-bond acceptors (Lipinski definition) is 2. The summed E-state index contributed by atoms with van der Waals surface area (Å²) < 4.78 is 42.5. The quantitative estimate of drug-likeness (QED) is 0.419. The third-order valence-electron chi connectivity index (χ3n) is 6.24. The van der Waals surface area contributed by atoms with Gasteiger partial charge in [0.2, 0.25) is 5.91 Å². The van der Waals surface area contributed by atoms with E-state index in [9.17, 15) is 22.8 Å². The fourth-order valence-electron chi connectivity index (χ4n) is 4.60. The van der Waals surface area contributed by atoms with E-state index in [0.717, 1.165) is 22.2 Å². The molecule has 1 aliphatic rings. The number of rotatable bonds is 5. The Bertz CT molecular complexity index is 1390. The van der Waals surface area contributed by atoms with Gasteiger partial charge in [-0.25, -0.2) is 4.39 Å². The minimum absolute atomic E-state index is 0.101. The first-order valence-corrected chi connectivity index (χ1v) is 11.2. The minimum Gasteiger partial charge on any atom is -0.345 e. The lowest BCUT2D eigenvalue weighted by atomic mass is 9.99. The van der Waals surface area contributed by atoms with Gasteiger partial charge in [0.15, 0.2) is 0 Å². The van der Waals surface area contributed by atoms with Crippen LogP contribution in [0.3, 0.4) is 0 Å². The van der Waals surface area contributed by atoms with Gasteiger partial charge in [-0.2, -0.15) is 8.78 Å². The number of anilines is 1. The van der Waals surface area contributed by atoms with Gasteiger partial charge in [0.1, 0.15) is 5.82 Å². The molecule has 4 aromatic rings. The number of benzene rings is 3. The molecule has 2 atom stereocenters. The molecule has 1 fully saturated rings. The molecule has 0 spiro atoms. The van der Waals surface area contributed by atoms with Crippen molar-refractivity contribution in [2.75, 3.05) is 4.90 Å². The molecule has 0 unspecified atom stereocenters. The molecule has 1 saturated heterocycles. The summed E-state index contributed by atoms with van der Waals surface area (Å²) in [6.45, 7) is 0.536. The molecule has 0 radical (unpaired) electrons. The van der Waals surface area contributed by atoms with Crippen LogP contribution in [0.1, 0.15) is 24.9 Å². The van der Waals surface area contributed by atoms with Crippen molar-refractivity contribution in [1.82, 2.24) is 9.88 Å². The van der Waals surface area contributed by atoms with Gasteiger partial charge in [-0.3, -0.25) is 9.59 Å². The van der Waals surface area contributed by atoms with Crippen LogP contribution < -0.4 is 10.2 Å². The number of nitrogens with one attached hydrogen (secondary N) is 1. The Kier molecular flexibility index (Phi) is 5.59. The highest BCUT2D eigenvalue weighted by atomic mass is 19.3. The smallest absolute Gasteiger partial charge is 0.321 e. The molecule has 8 heteroatoms. The van der Waals surface area contributed by atoms with Crippen molar-refractivity contribution in [3.05, 3.63) is 96.4 Å². The van der Waals surface area contributed by atoms with Crippen LogP contribution >= 0.6 is 0 Å². The molecule has 5 nitrogen and oxygen atoms in total. The maximum atomic E-state index is 13.6. The highest BCUT2D eigenvalue weighted by molar-refractivity contribution is 6.00. The highest BCUT2D eigenvalue weighted by Crippen LogP contribution is 2.39. The van der Waals surface area contributed by atoms with E-state index in [0.29, 0.717) is 12.6 Å². The van der Waals surface area contributed by atoms with E-state index in [-0.39, 0.29) is 18.1 Å². The molecular formula is C27H22F3N3O2. The molecule has 0 saturated carbocycles. The number of hydrogen-bond donors (Lipinski definition) is 1. The topological polar surface area (TPSA) is 54.3 Å². The van der Waals surface area contributed by atoms with Crippen molar-refractivity contribution >= 4 is 28.4 Å². The first-order valence-electron chi connectivity index (χ1n) is 11.2. The van der Waals surface area contributed by atoms with Crippen molar-refractivity contribution in [2.24, 2.45) is 0 Å². The lowest BCUT2D eigenvalue weighted by molar-refractivity contribution is -0.143. The third-order valence-corrected chi connectivity index (χ3v) is 6.24. The summed E-state index contributed by atoms with van der Waals surface area (Å²) in [5, 5.41) is 3.23. The van der Waals surface area contributed by atoms with Crippen molar-refractivity contribution in [2.45, 2.75) is 31.4 Å². The second-order valence-corrected chi connectivity index (χ2v) is 8.70. The summed E-state index contributed by atoms with van der Waals surface area (Å²) in [6, 6.07) is 21.1. The molecule has 0 aliphatic carbocycles. The molecule has 178 valence electrons. The van der Waals surface area contributed by atoms with Crippen molar-refractivity contribution in [1.29, 1.82) is 0 Å². The lowest BCUT2D eigenvalue weighted by Crippen LogP contribution is -2.46. The summed E-state index contributed by atoms with van der Waals surface area (Å²) in [7, 11) is 0. The Labute approximate surface area is 199 Å². The third kappa shape index (κ3) is 4.27. The normalized spacial score (nSPS) is 18.3. The summed E-state index contributed by atoms with van der Waals surface area (Å²) in [5.41, 5.74) is 2.97. The number of carbonyl (C=O) groups excluding carboxylic acids is 2. The maximum absolute atomic E-state index is 13.6. The lowest BCUT2D eigenvalue weighted by Gasteiger charge is -2.29. The fraction of sp³-hybridized carbons (Fsp3) is 0.185. The molecule has 1 N–H and O–H groups in total. The monoisotopic (exact) mass is 477 g/mol. The maximum Gasteiger partial charge on any atom is 0.321 e. The molecule has 1 aliphatic heterocycles. The summed E-state index contributed by atoms with van der Waals surface area (Å²) in [6.07, 6.45) is 1.75. The van der Waals surface area contributed by atoms with Gasteiger partial charge in [0, 0.05) is 36.3 Å². The van der Waals surface area contributed by atoms with Crippen molar-refractivity contribution in [3.63, 3.8) is 0 Å². The molecule has 1 aromatic heterocycles. The van der Waals surface area contributed by atoms with E-state index in [4.69, 9.17) is 0 Å². The molecule has 2 heterocycles. The number of halogens is 3. The zero-order valence-corrected chi connectivity index (χ0v) is 18.8. The predicted molar refractivity (Wildman–Crippen MR) is 127 cm³/mol. The summed E-state index contributed by atoms with van der Waals surface area (Å²) >= 11 is 0. The van der Waals surface area contributed by atoms with Crippen LogP contribution in [0.4, 0.5) is 18.9 Å². The number of aromatic nitrogens is 1. The van der Waals surface area contributed by atoms with Crippen LogP contribution in [0.15, 0.2) is 85.1 Å². The zero-order chi connectivity index (χ0) is 24.7. The van der Waals surface area contributed by atoms with Gasteiger partial charge in [-0.1, -0.05) is 30.3 Å². The SMILES string of the molecule is CC(F)(F)C(=O)N[C@H]1CC(=O)N(c2ccc3c(ccn3-c3ccc(F)cc3)c2)[C@@H]1c1ccccc1. The van der Waals surface area contributed by atoms with Gasteiger partial charge >= 0.3 is 5.92 Å². The van der Waals surface area contributed by atoms with Gasteiger partial charge in [0.05, 0.1) is 17.6 Å². The Balaban J connectivity index is 1.53. The van der Waals surface area contributed by atoms with E-state index >= 15 is 0 Å². The van der Waals surface area contributed by atoms with Gasteiger partial charge in [0.25, 0.3) is 5.91 Å². The predicted octanol–water partition coefficient (Wildman–Crippen LogP) is 5.39. The zero-order valence-electron chi connectivity index (χ0n) is 18.8. The van der Waals surface area contributed by atoms with Crippen LogP contribution in [0, 0.1) is 5.82 Å². The number of amides is 2. The Morgan fingerprint density at radius 3 is 2.34 bits per heavy atom. The number of alkyl halides is 2. The van der Waals surface area contributed by atoms with Gasteiger partial charge in [-0.15, -0.1) is 0 Å². The first kappa shape index (κ1) is 22.7. The van der Waals surface area contributed by atoms with E-state index in [2.05, 4.69) is 5.32 Å². The van der Waals surface area contributed by atoms with Gasteiger partial charge < -0.3 is 14.8 Å². The average Bonchev–Trinajstić information content (AvgIpc) is 3.39. The largest absolute Gasteiger partial charge is 0.345 e. The van der Waals surface area contributed by atoms with E-state index in [1.165, 1.54) is 12.1 Å². The molecule has 3 aromatic carbocycles. The van der Waals surface area contributed by atoms with E-state index in [1.54, 1.807) is 35.2 Å². The average molecular weight is 477 g/mol. The minimum atomic E-state index is -3.56. The Morgan fingerprint density at radius 1 is 0.971 bits per heavy atom. The van der Waals surface area contributed by atoms with Crippen molar-refractivity contribution in [3.8, 4) is 5.69 Å². The molecule has 5 rings (SSSR count). The molecule has 0 bridgehead atoms. The molecule has 2 amide bonds. The molecular weight excluding hydrogens is 455 g/mol. The fourth-order valence-corrected chi connectivity index (χ4v) is 4.60. The number of carbonyl (C=O) groups is 2. The second kappa shape index (κ2) is 8.61. The highest BCUT2D eigenvalue weighted by Gasteiger charge is 2.45. The van der Waals surface area contributed by atoms with Crippen LogP contribution in [0.25, 0.3) is 16.6 Å². The number of fused-ring (bicyclic) bond motifs is 1. The van der Waals surface area contributed by atoms with Crippen molar-refractivity contribution < 1.29 is 22.8 Å². The van der Waals surface area contributed by atoms with Crippen LogP contribution in [-0.4, -0.2) is 28.3 Å². The van der Waals surface area contributed by atoms with E-state index in [1.807, 2.05) is 47.2 Å². The number of nitrogens with zero attached hydrogens (tertiary/aromatic N) is 2. The summed E-state index contributed by atoms with van der Waals surface area (Å²) in [4.78, 5) is 26.8. The molecule has 35 heavy (non-hydrogen) atoms.